The largest absolute Gasteiger partial charge is 0.325 e. The molecule has 2 rings (SSSR count). The number of carbonyl (C=O) groups excluding carboxylic acids is 3. The molecule has 1 heterocycles. The summed E-state index contributed by atoms with van der Waals surface area (Å²) in [4.78, 5) is 34.6. The lowest BCUT2D eigenvalue weighted by Gasteiger charge is -2.16. The van der Waals surface area contributed by atoms with E-state index in [1.807, 2.05) is 0 Å². The first-order valence-electron chi connectivity index (χ1n) is 5.29. The second-order valence-corrected chi connectivity index (χ2v) is 6.45. The number of hydrogen-bond acceptors (Lipinski definition) is 3. The lowest BCUT2D eigenvalue weighted by atomic mass is 10.1. The predicted molar refractivity (Wildman–Crippen MR) is 69.9 cm³/mol. The highest BCUT2D eigenvalue weighted by atomic mass is 79.9. The van der Waals surface area contributed by atoms with Crippen LogP contribution in [0.5, 0.6) is 0 Å². The van der Waals surface area contributed by atoms with Crippen LogP contribution in [0.15, 0.2) is 18.2 Å². The van der Waals surface area contributed by atoms with Gasteiger partial charge in [0, 0.05) is 5.69 Å². The fourth-order valence-corrected chi connectivity index (χ4v) is 1.62. The summed E-state index contributed by atoms with van der Waals surface area (Å²) in [6, 6.07) is 4.60. The lowest BCUT2D eigenvalue weighted by Crippen LogP contribution is -2.31. The number of benzene rings is 1. The van der Waals surface area contributed by atoms with Crippen LogP contribution >= 0.6 is 15.9 Å². The average molecular weight is 311 g/mol. The molecule has 1 aromatic carbocycles. The van der Waals surface area contributed by atoms with Crippen LogP contribution < -0.4 is 10.6 Å². The number of fused-ring (bicyclic) bond motifs is 1. The summed E-state index contributed by atoms with van der Waals surface area (Å²) in [5, 5.41) is 4.86. The maximum atomic E-state index is 11.8. The first-order valence-corrected chi connectivity index (χ1v) is 6.08. The summed E-state index contributed by atoms with van der Waals surface area (Å²) in [5.41, 5.74) is 1.09. The highest BCUT2D eigenvalue weighted by Crippen LogP contribution is 2.23. The van der Waals surface area contributed by atoms with Crippen LogP contribution in [0.2, 0.25) is 0 Å². The summed E-state index contributed by atoms with van der Waals surface area (Å²) >= 11 is 3.24. The number of nitrogens with one attached hydrogen (secondary N) is 2. The molecule has 2 N–H and O–H groups in total. The Morgan fingerprint density at radius 2 is 1.83 bits per heavy atom. The van der Waals surface area contributed by atoms with E-state index in [0.29, 0.717) is 11.3 Å². The molecule has 0 atom stereocenters. The van der Waals surface area contributed by atoms with Crippen molar-refractivity contribution in [1.29, 1.82) is 0 Å². The van der Waals surface area contributed by atoms with Gasteiger partial charge in [-0.15, -0.1) is 0 Å². The molecule has 0 radical (unpaired) electrons. The van der Waals surface area contributed by atoms with Crippen molar-refractivity contribution >= 4 is 39.3 Å². The van der Waals surface area contributed by atoms with Gasteiger partial charge in [-0.05, 0) is 32.0 Å². The van der Waals surface area contributed by atoms with Gasteiger partial charge in [-0.3, -0.25) is 19.7 Å². The Kier molecular flexibility index (Phi) is 2.98. The smallest absolute Gasteiger partial charge is 0.259 e. The van der Waals surface area contributed by atoms with Crippen LogP contribution in [0.1, 0.15) is 34.6 Å². The first-order chi connectivity index (χ1) is 8.29. The van der Waals surface area contributed by atoms with E-state index in [4.69, 9.17) is 0 Å². The summed E-state index contributed by atoms with van der Waals surface area (Å²) < 4.78 is -0.704. The van der Waals surface area contributed by atoms with Crippen LogP contribution in [0.3, 0.4) is 0 Å². The van der Waals surface area contributed by atoms with Crippen LogP contribution in [0, 0.1) is 0 Å². The second-order valence-electron chi connectivity index (χ2n) is 4.47. The molecule has 6 heteroatoms. The first kappa shape index (κ1) is 12.8. The molecule has 0 spiro atoms. The standard InChI is InChI=1S/C12H11BrN2O3/c1-12(2,13)11(18)14-6-3-4-7-8(5-6)10(17)15-9(7)16/h3-5H,1-2H3,(H,14,18)(H,15,16,17). The summed E-state index contributed by atoms with van der Waals surface area (Å²) in [5.74, 6) is -1.08. The molecular formula is C12H11BrN2O3. The Morgan fingerprint density at radius 3 is 2.44 bits per heavy atom. The topological polar surface area (TPSA) is 75.3 Å². The zero-order valence-electron chi connectivity index (χ0n) is 9.83. The van der Waals surface area contributed by atoms with Crippen molar-refractivity contribution in [3.63, 3.8) is 0 Å². The van der Waals surface area contributed by atoms with Crippen LogP contribution in [0.25, 0.3) is 0 Å². The molecule has 3 amide bonds. The Hall–Kier alpha value is -1.69. The number of halogens is 1. The van der Waals surface area contributed by atoms with E-state index < -0.39 is 16.1 Å². The normalized spacial score (nSPS) is 14.2. The number of amides is 3. The molecule has 5 nitrogen and oxygen atoms in total. The van der Waals surface area contributed by atoms with Gasteiger partial charge in [-0.25, -0.2) is 0 Å². The van der Waals surface area contributed by atoms with Crippen LogP contribution in [0.4, 0.5) is 5.69 Å². The minimum atomic E-state index is -0.704. The van der Waals surface area contributed by atoms with Crippen LogP contribution in [-0.4, -0.2) is 22.0 Å². The Labute approximate surface area is 112 Å². The Morgan fingerprint density at radius 1 is 1.22 bits per heavy atom. The molecule has 1 aromatic rings. The van der Waals surface area contributed by atoms with Gasteiger partial charge in [-0.2, -0.15) is 0 Å². The maximum Gasteiger partial charge on any atom is 0.259 e. The second kappa shape index (κ2) is 4.20. The van der Waals surface area contributed by atoms with Gasteiger partial charge in [0.25, 0.3) is 11.8 Å². The number of carbonyl (C=O) groups is 3. The molecule has 0 unspecified atom stereocenters. The van der Waals surface area contributed by atoms with E-state index in [1.165, 1.54) is 12.1 Å². The van der Waals surface area contributed by atoms with Gasteiger partial charge in [0.2, 0.25) is 5.91 Å². The zero-order valence-corrected chi connectivity index (χ0v) is 11.4. The fraction of sp³-hybridized carbons (Fsp3) is 0.250. The highest BCUT2D eigenvalue weighted by Gasteiger charge is 2.28. The average Bonchev–Trinajstić information content (AvgIpc) is 2.53. The minimum absolute atomic E-state index is 0.229. The molecule has 1 aliphatic rings. The van der Waals surface area contributed by atoms with Crippen molar-refractivity contribution in [2.45, 2.75) is 18.2 Å². The van der Waals surface area contributed by atoms with E-state index in [0.717, 1.165) is 0 Å². The van der Waals surface area contributed by atoms with E-state index >= 15 is 0 Å². The number of anilines is 1. The number of alkyl halides is 1. The molecule has 0 saturated heterocycles. The minimum Gasteiger partial charge on any atom is -0.325 e. The Balaban J connectivity index is 2.28. The molecule has 0 fully saturated rings. The number of rotatable bonds is 2. The summed E-state index contributed by atoms with van der Waals surface area (Å²) in [7, 11) is 0. The number of imide groups is 1. The van der Waals surface area contributed by atoms with Crippen molar-refractivity contribution in [2.75, 3.05) is 5.32 Å². The molecule has 0 aromatic heterocycles. The van der Waals surface area contributed by atoms with Gasteiger partial charge < -0.3 is 5.32 Å². The number of hydrogen-bond donors (Lipinski definition) is 2. The molecular weight excluding hydrogens is 300 g/mol. The van der Waals surface area contributed by atoms with Crippen molar-refractivity contribution < 1.29 is 14.4 Å². The highest BCUT2D eigenvalue weighted by molar-refractivity contribution is 9.10. The fourth-order valence-electron chi connectivity index (χ4n) is 1.53. The molecule has 0 saturated carbocycles. The lowest BCUT2D eigenvalue weighted by molar-refractivity contribution is -0.117. The van der Waals surface area contributed by atoms with Gasteiger partial charge in [0.15, 0.2) is 0 Å². The summed E-state index contributed by atoms with van der Waals surface area (Å²) in [6.45, 7) is 3.43. The van der Waals surface area contributed by atoms with Gasteiger partial charge in [0.05, 0.1) is 15.5 Å². The van der Waals surface area contributed by atoms with Crippen molar-refractivity contribution in [1.82, 2.24) is 5.32 Å². The molecule has 1 aliphatic heterocycles. The van der Waals surface area contributed by atoms with Gasteiger partial charge in [-0.1, -0.05) is 15.9 Å². The van der Waals surface area contributed by atoms with Crippen molar-refractivity contribution in [3.8, 4) is 0 Å². The molecule has 0 aliphatic carbocycles. The molecule has 94 valence electrons. The third-order valence-electron chi connectivity index (χ3n) is 2.53. The molecule has 0 bridgehead atoms. The van der Waals surface area contributed by atoms with Crippen molar-refractivity contribution in [3.05, 3.63) is 29.3 Å². The quantitative estimate of drug-likeness (QED) is 0.644. The van der Waals surface area contributed by atoms with E-state index in [-0.39, 0.29) is 11.5 Å². The monoisotopic (exact) mass is 310 g/mol. The predicted octanol–water partition coefficient (Wildman–Crippen LogP) is 1.68. The van der Waals surface area contributed by atoms with Gasteiger partial charge >= 0.3 is 0 Å². The SMILES string of the molecule is CC(C)(Br)C(=O)Nc1ccc2c(c1)C(=O)NC2=O. The van der Waals surface area contributed by atoms with Crippen molar-refractivity contribution in [2.24, 2.45) is 0 Å². The van der Waals surface area contributed by atoms with E-state index in [9.17, 15) is 14.4 Å². The van der Waals surface area contributed by atoms with E-state index in [1.54, 1.807) is 19.9 Å². The zero-order chi connectivity index (χ0) is 13.5. The third-order valence-corrected chi connectivity index (χ3v) is 2.89. The molecule has 18 heavy (non-hydrogen) atoms. The Bertz CT molecular complexity index is 561. The third kappa shape index (κ3) is 2.28. The maximum absolute atomic E-state index is 11.8. The van der Waals surface area contributed by atoms with Gasteiger partial charge in [0.1, 0.15) is 0 Å². The summed E-state index contributed by atoms with van der Waals surface area (Å²) in [6.07, 6.45) is 0. The van der Waals surface area contributed by atoms with Crippen LogP contribution in [-0.2, 0) is 4.79 Å². The van der Waals surface area contributed by atoms with E-state index in [2.05, 4.69) is 26.6 Å².